The van der Waals surface area contributed by atoms with Crippen molar-refractivity contribution in [3.63, 3.8) is 0 Å². The molecule has 0 aromatic carbocycles. The largest absolute Gasteiger partial charge is 0.367 e. The summed E-state index contributed by atoms with van der Waals surface area (Å²) < 4.78 is 26.7. The van der Waals surface area contributed by atoms with Crippen molar-refractivity contribution < 1.29 is 13.2 Å². The van der Waals surface area contributed by atoms with Crippen molar-refractivity contribution in [2.75, 3.05) is 38.3 Å². The SMILES string of the molecule is CCCCS(=O)(=O)N1CCc2cc(C(=O)N(C)C)c(NC(C)C)nc2CC1. The second-order valence-corrected chi connectivity index (χ2v) is 9.65. The number of hydrogen-bond acceptors (Lipinski definition) is 5. The van der Waals surface area contributed by atoms with Gasteiger partial charge in [0.1, 0.15) is 5.82 Å². The summed E-state index contributed by atoms with van der Waals surface area (Å²) in [6.07, 6.45) is 2.66. The Morgan fingerprint density at radius 2 is 1.96 bits per heavy atom. The van der Waals surface area contributed by atoms with E-state index >= 15 is 0 Å². The Kier molecular flexibility index (Phi) is 7.22. The maximum atomic E-state index is 12.6. The minimum Gasteiger partial charge on any atom is -0.367 e. The highest BCUT2D eigenvalue weighted by atomic mass is 32.2. The number of sulfonamides is 1. The first kappa shape index (κ1) is 21.6. The molecule has 1 aromatic heterocycles. The summed E-state index contributed by atoms with van der Waals surface area (Å²) >= 11 is 0. The highest BCUT2D eigenvalue weighted by Gasteiger charge is 2.27. The van der Waals surface area contributed by atoms with Gasteiger partial charge in [-0.3, -0.25) is 4.79 Å². The fraction of sp³-hybridized carbons (Fsp3) is 0.684. The predicted octanol–water partition coefficient (Wildman–Crippen LogP) is 2.13. The van der Waals surface area contributed by atoms with Gasteiger partial charge in [-0.05, 0) is 38.3 Å². The number of carbonyl (C=O) groups excluding carboxylic acids is 1. The zero-order valence-electron chi connectivity index (χ0n) is 17.1. The first-order chi connectivity index (χ1) is 12.7. The van der Waals surface area contributed by atoms with Crippen LogP contribution in [0.5, 0.6) is 0 Å². The molecule has 2 heterocycles. The third-order valence-electron chi connectivity index (χ3n) is 4.63. The van der Waals surface area contributed by atoms with Crippen molar-refractivity contribution in [2.45, 2.75) is 52.5 Å². The maximum Gasteiger partial charge on any atom is 0.257 e. The fourth-order valence-electron chi connectivity index (χ4n) is 3.13. The van der Waals surface area contributed by atoms with Gasteiger partial charge in [0.25, 0.3) is 5.91 Å². The van der Waals surface area contributed by atoms with Crippen LogP contribution >= 0.6 is 0 Å². The van der Waals surface area contributed by atoms with Crippen molar-refractivity contribution in [1.29, 1.82) is 0 Å². The molecule has 1 aliphatic rings. The molecule has 0 atom stereocenters. The highest BCUT2D eigenvalue weighted by Crippen LogP contribution is 2.24. The van der Waals surface area contributed by atoms with Crippen LogP contribution in [0.3, 0.4) is 0 Å². The molecule has 0 unspecified atom stereocenters. The monoisotopic (exact) mass is 396 g/mol. The van der Waals surface area contributed by atoms with E-state index in [1.807, 2.05) is 26.8 Å². The number of hydrogen-bond donors (Lipinski definition) is 1. The van der Waals surface area contributed by atoms with Crippen molar-refractivity contribution in [3.05, 3.63) is 22.9 Å². The van der Waals surface area contributed by atoms with Gasteiger partial charge in [-0.1, -0.05) is 13.3 Å². The first-order valence-corrected chi connectivity index (χ1v) is 11.3. The molecule has 152 valence electrons. The van der Waals surface area contributed by atoms with E-state index in [1.165, 1.54) is 4.90 Å². The lowest BCUT2D eigenvalue weighted by Crippen LogP contribution is -2.35. The molecule has 27 heavy (non-hydrogen) atoms. The van der Waals surface area contributed by atoms with E-state index in [4.69, 9.17) is 4.98 Å². The van der Waals surface area contributed by atoms with E-state index in [-0.39, 0.29) is 17.7 Å². The Balaban J connectivity index is 2.33. The number of nitrogens with zero attached hydrogens (tertiary/aromatic N) is 3. The number of rotatable bonds is 7. The second-order valence-electron chi connectivity index (χ2n) is 7.56. The zero-order chi connectivity index (χ0) is 20.2. The van der Waals surface area contributed by atoms with E-state index in [1.54, 1.807) is 18.4 Å². The molecule has 1 N–H and O–H groups in total. The molecular formula is C19H32N4O3S. The lowest BCUT2D eigenvalue weighted by Gasteiger charge is -2.19. The molecule has 2 rings (SSSR count). The summed E-state index contributed by atoms with van der Waals surface area (Å²) in [5.41, 5.74) is 2.37. The van der Waals surface area contributed by atoms with Gasteiger partial charge < -0.3 is 10.2 Å². The molecule has 0 spiro atoms. The van der Waals surface area contributed by atoms with E-state index < -0.39 is 10.0 Å². The smallest absolute Gasteiger partial charge is 0.257 e. The summed E-state index contributed by atoms with van der Waals surface area (Å²) in [6, 6.07) is 2.03. The zero-order valence-corrected chi connectivity index (χ0v) is 17.9. The summed E-state index contributed by atoms with van der Waals surface area (Å²) in [4.78, 5) is 18.9. The van der Waals surface area contributed by atoms with Crippen LogP contribution in [0, 0.1) is 0 Å². The second kappa shape index (κ2) is 9.01. The van der Waals surface area contributed by atoms with Gasteiger partial charge in [-0.25, -0.2) is 17.7 Å². The normalized spacial score (nSPS) is 15.3. The van der Waals surface area contributed by atoms with Crippen LogP contribution in [0.25, 0.3) is 0 Å². The Bertz CT molecular complexity index is 775. The summed E-state index contributed by atoms with van der Waals surface area (Å²) in [6.45, 7) is 6.87. The minimum atomic E-state index is -3.24. The van der Waals surface area contributed by atoms with Crippen molar-refractivity contribution in [2.24, 2.45) is 0 Å². The van der Waals surface area contributed by atoms with Crippen LogP contribution in [0.15, 0.2) is 6.07 Å². The number of anilines is 1. The third-order valence-corrected chi connectivity index (χ3v) is 6.59. The van der Waals surface area contributed by atoms with Gasteiger partial charge in [0.05, 0.1) is 11.3 Å². The number of unbranched alkanes of at least 4 members (excludes halogenated alkanes) is 1. The molecule has 0 bridgehead atoms. The predicted molar refractivity (Wildman–Crippen MR) is 109 cm³/mol. The lowest BCUT2D eigenvalue weighted by atomic mass is 10.0. The van der Waals surface area contributed by atoms with E-state index in [2.05, 4.69) is 5.32 Å². The van der Waals surface area contributed by atoms with Crippen LogP contribution < -0.4 is 5.32 Å². The summed E-state index contributed by atoms with van der Waals surface area (Å²) in [5, 5.41) is 3.26. The average Bonchev–Trinajstić information content (AvgIpc) is 2.80. The van der Waals surface area contributed by atoms with Crippen LogP contribution in [0.4, 0.5) is 5.82 Å². The molecule has 0 radical (unpaired) electrons. The molecule has 1 amide bonds. The quantitative estimate of drug-likeness (QED) is 0.763. The highest BCUT2D eigenvalue weighted by molar-refractivity contribution is 7.89. The van der Waals surface area contributed by atoms with Crippen LogP contribution in [-0.2, 0) is 22.9 Å². The van der Waals surface area contributed by atoms with E-state index in [0.717, 1.165) is 17.7 Å². The Morgan fingerprint density at radius 3 is 2.56 bits per heavy atom. The fourth-order valence-corrected chi connectivity index (χ4v) is 4.79. The number of fused-ring (bicyclic) bond motifs is 1. The molecule has 1 aromatic rings. The molecule has 0 aliphatic carbocycles. The minimum absolute atomic E-state index is 0.106. The number of aromatic nitrogens is 1. The lowest BCUT2D eigenvalue weighted by molar-refractivity contribution is 0.0828. The van der Waals surface area contributed by atoms with Gasteiger partial charge in [-0.15, -0.1) is 0 Å². The topological polar surface area (TPSA) is 82.6 Å². The first-order valence-electron chi connectivity index (χ1n) is 9.64. The van der Waals surface area contributed by atoms with Gasteiger partial charge in [0.15, 0.2) is 0 Å². The standard InChI is InChI=1S/C19H32N4O3S/c1-6-7-12-27(25,26)23-10-8-15-13-16(19(24)22(4)5)18(20-14(2)3)21-17(15)9-11-23/h13-14H,6-12H2,1-5H3,(H,20,21). The average molecular weight is 397 g/mol. The maximum absolute atomic E-state index is 12.6. The Labute approximate surface area is 163 Å². The molecule has 0 saturated heterocycles. The van der Waals surface area contributed by atoms with Gasteiger partial charge >= 0.3 is 0 Å². The number of nitrogens with one attached hydrogen (secondary N) is 1. The summed E-state index contributed by atoms with van der Waals surface area (Å²) in [5.74, 6) is 0.660. The Morgan fingerprint density at radius 1 is 1.30 bits per heavy atom. The van der Waals surface area contributed by atoms with Crippen molar-refractivity contribution >= 4 is 21.7 Å². The van der Waals surface area contributed by atoms with E-state index in [9.17, 15) is 13.2 Å². The molecule has 0 fully saturated rings. The molecule has 7 nitrogen and oxygen atoms in total. The van der Waals surface area contributed by atoms with Crippen LogP contribution in [0.2, 0.25) is 0 Å². The number of amides is 1. The molecule has 8 heteroatoms. The van der Waals surface area contributed by atoms with Crippen LogP contribution in [-0.4, -0.2) is 67.5 Å². The number of pyridine rings is 1. The molecular weight excluding hydrogens is 364 g/mol. The van der Waals surface area contributed by atoms with Gasteiger partial charge in [-0.2, -0.15) is 0 Å². The number of carbonyl (C=O) groups is 1. The van der Waals surface area contributed by atoms with E-state index in [0.29, 0.717) is 43.7 Å². The van der Waals surface area contributed by atoms with Crippen molar-refractivity contribution in [3.8, 4) is 0 Å². The third kappa shape index (κ3) is 5.42. The summed E-state index contributed by atoms with van der Waals surface area (Å²) in [7, 11) is 0.194. The van der Waals surface area contributed by atoms with Crippen molar-refractivity contribution in [1.82, 2.24) is 14.2 Å². The van der Waals surface area contributed by atoms with Gasteiger partial charge in [0.2, 0.25) is 10.0 Å². The van der Waals surface area contributed by atoms with Gasteiger partial charge in [0, 0.05) is 45.3 Å². The Hall–Kier alpha value is -1.67. The molecule has 0 saturated carbocycles. The molecule has 1 aliphatic heterocycles. The van der Waals surface area contributed by atoms with Crippen LogP contribution in [0.1, 0.15) is 55.2 Å².